The van der Waals surface area contributed by atoms with Crippen LogP contribution in [0, 0.1) is 0 Å². The van der Waals surface area contributed by atoms with Crippen molar-refractivity contribution in [2.45, 2.75) is 18.6 Å². The van der Waals surface area contributed by atoms with E-state index in [2.05, 4.69) is 6.58 Å². The molecule has 0 bridgehead atoms. The Morgan fingerprint density at radius 2 is 2.42 bits per heavy atom. The van der Waals surface area contributed by atoms with Crippen LogP contribution in [0.25, 0.3) is 0 Å². The lowest BCUT2D eigenvalue weighted by molar-refractivity contribution is -0.146. The average molecular weight is 170 g/mol. The van der Waals surface area contributed by atoms with E-state index in [1.807, 2.05) is 0 Å². The molecule has 0 N–H and O–H groups in total. The first kappa shape index (κ1) is 8.93. The zero-order valence-corrected chi connectivity index (χ0v) is 6.56. The van der Waals surface area contributed by atoms with E-state index in [0.717, 1.165) is 6.08 Å². The van der Waals surface area contributed by atoms with E-state index in [1.165, 1.54) is 0 Å². The second-order valence-electron chi connectivity index (χ2n) is 2.44. The Balaban J connectivity index is 2.45. The van der Waals surface area contributed by atoms with Crippen molar-refractivity contribution in [2.24, 2.45) is 0 Å². The number of rotatable bonds is 3. The van der Waals surface area contributed by atoms with Gasteiger partial charge in [0.1, 0.15) is 12.2 Å². The highest BCUT2D eigenvalue weighted by Crippen LogP contribution is 2.15. The SMILES string of the molecule is C=CC(=O)OC1CCOC1C=O. The molecule has 66 valence electrons. The third kappa shape index (κ3) is 1.92. The van der Waals surface area contributed by atoms with Crippen LogP contribution in [0.3, 0.4) is 0 Å². The van der Waals surface area contributed by atoms with Gasteiger partial charge in [-0.05, 0) is 0 Å². The van der Waals surface area contributed by atoms with E-state index in [0.29, 0.717) is 19.3 Å². The number of hydrogen-bond donors (Lipinski definition) is 0. The largest absolute Gasteiger partial charge is 0.456 e. The lowest BCUT2D eigenvalue weighted by Gasteiger charge is -2.12. The van der Waals surface area contributed by atoms with E-state index in [-0.39, 0.29) is 0 Å². The van der Waals surface area contributed by atoms with Crippen LogP contribution in [0.1, 0.15) is 6.42 Å². The van der Waals surface area contributed by atoms with Gasteiger partial charge in [-0.1, -0.05) is 6.58 Å². The first-order valence-electron chi connectivity index (χ1n) is 3.68. The summed E-state index contributed by atoms with van der Waals surface area (Å²) in [6.45, 7) is 3.71. The van der Waals surface area contributed by atoms with Gasteiger partial charge in [0, 0.05) is 12.5 Å². The molecule has 4 heteroatoms. The Hall–Kier alpha value is -1.16. The molecule has 0 radical (unpaired) electrons. The summed E-state index contributed by atoms with van der Waals surface area (Å²) in [6.07, 6.45) is 1.25. The normalized spacial score (nSPS) is 28.0. The Morgan fingerprint density at radius 1 is 1.67 bits per heavy atom. The summed E-state index contributed by atoms with van der Waals surface area (Å²) in [5.41, 5.74) is 0. The van der Waals surface area contributed by atoms with Crippen molar-refractivity contribution in [2.75, 3.05) is 6.61 Å². The van der Waals surface area contributed by atoms with Crippen LogP contribution in [-0.2, 0) is 19.1 Å². The predicted octanol–water partition coefficient (Wildman–Crippen LogP) is 0.0720. The van der Waals surface area contributed by atoms with Crippen molar-refractivity contribution in [3.8, 4) is 0 Å². The summed E-state index contributed by atoms with van der Waals surface area (Å²) >= 11 is 0. The molecule has 0 saturated carbocycles. The second kappa shape index (κ2) is 4.01. The third-order valence-corrected chi connectivity index (χ3v) is 1.65. The van der Waals surface area contributed by atoms with Crippen LogP contribution in [0.15, 0.2) is 12.7 Å². The van der Waals surface area contributed by atoms with Crippen molar-refractivity contribution < 1.29 is 19.1 Å². The standard InChI is InChI=1S/C8H10O4/c1-2-8(10)12-6-3-4-11-7(6)5-9/h2,5-7H,1,3-4H2. The van der Waals surface area contributed by atoms with Crippen molar-refractivity contribution >= 4 is 12.3 Å². The fourth-order valence-corrected chi connectivity index (χ4v) is 1.04. The van der Waals surface area contributed by atoms with Crippen LogP contribution in [0.2, 0.25) is 0 Å². The Labute approximate surface area is 70.1 Å². The zero-order valence-electron chi connectivity index (χ0n) is 6.56. The van der Waals surface area contributed by atoms with Gasteiger partial charge < -0.3 is 14.3 Å². The Bertz CT molecular complexity index is 199. The summed E-state index contributed by atoms with van der Waals surface area (Å²) in [7, 11) is 0. The van der Waals surface area contributed by atoms with Crippen LogP contribution in [0.5, 0.6) is 0 Å². The molecule has 1 rings (SSSR count). The highest BCUT2D eigenvalue weighted by atomic mass is 16.6. The van der Waals surface area contributed by atoms with Gasteiger partial charge in [0.05, 0.1) is 6.61 Å². The maximum atomic E-state index is 10.7. The molecule has 0 amide bonds. The van der Waals surface area contributed by atoms with E-state index >= 15 is 0 Å². The fourth-order valence-electron chi connectivity index (χ4n) is 1.04. The zero-order chi connectivity index (χ0) is 8.97. The Morgan fingerprint density at radius 3 is 3.00 bits per heavy atom. The van der Waals surface area contributed by atoms with Gasteiger partial charge >= 0.3 is 5.97 Å². The molecule has 0 aliphatic carbocycles. The van der Waals surface area contributed by atoms with Gasteiger partial charge in [-0.3, -0.25) is 0 Å². The van der Waals surface area contributed by atoms with E-state index in [4.69, 9.17) is 9.47 Å². The second-order valence-corrected chi connectivity index (χ2v) is 2.44. The average Bonchev–Trinajstić information content (AvgIpc) is 2.51. The minimum atomic E-state index is -0.603. The summed E-state index contributed by atoms with van der Waals surface area (Å²) in [5.74, 6) is -0.516. The smallest absolute Gasteiger partial charge is 0.330 e. The van der Waals surface area contributed by atoms with E-state index in [9.17, 15) is 9.59 Å². The van der Waals surface area contributed by atoms with Gasteiger partial charge in [-0.2, -0.15) is 0 Å². The molecule has 4 nitrogen and oxygen atoms in total. The maximum absolute atomic E-state index is 10.7. The molecule has 2 atom stereocenters. The first-order chi connectivity index (χ1) is 5.77. The fraction of sp³-hybridized carbons (Fsp3) is 0.500. The molecule has 0 aromatic heterocycles. The highest BCUT2D eigenvalue weighted by molar-refractivity contribution is 5.81. The van der Waals surface area contributed by atoms with Crippen LogP contribution in [0.4, 0.5) is 0 Å². The van der Waals surface area contributed by atoms with Crippen molar-refractivity contribution in [3.05, 3.63) is 12.7 Å². The van der Waals surface area contributed by atoms with E-state index < -0.39 is 18.2 Å². The van der Waals surface area contributed by atoms with Gasteiger partial charge in [-0.15, -0.1) is 0 Å². The highest BCUT2D eigenvalue weighted by Gasteiger charge is 2.30. The van der Waals surface area contributed by atoms with Crippen molar-refractivity contribution in [1.82, 2.24) is 0 Å². The van der Waals surface area contributed by atoms with Crippen molar-refractivity contribution in [1.29, 1.82) is 0 Å². The third-order valence-electron chi connectivity index (χ3n) is 1.65. The summed E-state index contributed by atoms with van der Waals surface area (Å²) < 4.78 is 9.83. The first-order valence-corrected chi connectivity index (χ1v) is 3.68. The molecule has 1 aliphatic rings. The molecule has 1 heterocycles. The quantitative estimate of drug-likeness (QED) is 0.342. The van der Waals surface area contributed by atoms with E-state index in [1.54, 1.807) is 0 Å². The lowest BCUT2D eigenvalue weighted by Crippen LogP contribution is -2.27. The summed E-state index contributed by atoms with van der Waals surface area (Å²) in [6, 6.07) is 0. The molecule has 0 spiro atoms. The number of carbonyl (C=O) groups excluding carboxylic acids is 2. The minimum absolute atomic E-state index is 0.437. The molecule has 0 aromatic carbocycles. The summed E-state index contributed by atoms with van der Waals surface area (Å²) in [5, 5.41) is 0. The van der Waals surface area contributed by atoms with Gasteiger partial charge in [0.2, 0.25) is 0 Å². The number of ether oxygens (including phenoxy) is 2. The predicted molar refractivity (Wildman–Crippen MR) is 40.5 cm³/mol. The monoisotopic (exact) mass is 170 g/mol. The number of hydrogen-bond acceptors (Lipinski definition) is 4. The molecule has 1 aliphatic heterocycles. The molecule has 2 unspecified atom stereocenters. The van der Waals surface area contributed by atoms with Crippen LogP contribution < -0.4 is 0 Å². The molecule has 1 saturated heterocycles. The van der Waals surface area contributed by atoms with Gasteiger partial charge in [0.25, 0.3) is 0 Å². The molecular formula is C8H10O4. The Kier molecular flexibility index (Phi) is 2.99. The van der Waals surface area contributed by atoms with Gasteiger partial charge in [0.15, 0.2) is 6.29 Å². The molecule has 0 aromatic rings. The summed E-state index contributed by atoms with van der Waals surface area (Å²) in [4.78, 5) is 21.1. The van der Waals surface area contributed by atoms with Gasteiger partial charge in [-0.25, -0.2) is 4.79 Å². The molecule has 1 fully saturated rings. The lowest BCUT2D eigenvalue weighted by atomic mass is 10.2. The van der Waals surface area contributed by atoms with Crippen LogP contribution >= 0.6 is 0 Å². The molecule has 12 heavy (non-hydrogen) atoms. The maximum Gasteiger partial charge on any atom is 0.330 e. The minimum Gasteiger partial charge on any atom is -0.456 e. The van der Waals surface area contributed by atoms with Crippen molar-refractivity contribution in [3.63, 3.8) is 0 Å². The van der Waals surface area contributed by atoms with Crippen LogP contribution in [-0.4, -0.2) is 31.1 Å². The number of aldehydes is 1. The molecular weight excluding hydrogens is 160 g/mol. The topological polar surface area (TPSA) is 52.6 Å². The number of carbonyl (C=O) groups is 2. The number of esters is 1.